The van der Waals surface area contributed by atoms with Gasteiger partial charge in [0.2, 0.25) is 5.16 Å². The van der Waals surface area contributed by atoms with Gasteiger partial charge >= 0.3 is 0 Å². The Balaban J connectivity index is 1.44. The first kappa shape index (κ1) is 20.5. The zero-order valence-corrected chi connectivity index (χ0v) is 19.1. The van der Waals surface area contributed by atoms with Crippen molar-refractivity contribution >= 4 is 33.3 Å². The number of fused-ring (bicyclic) bond motifs is 1. The summed E-state index contributed by atoms with van der Waals surface area (Å²) < 4.78 is 1.47. The molecule has 2 aromatic carbocycles. The van der Waals surface area contributed by atoms with Crippen molar-refractivity contribution in [3.63, 3.8) is 0 Å². The lowest BCUT2D eigenvalue weighted by atomic mass is 10.1. The molecule has 5 aromatic rings. The lowest BCUT2D eigenvalue weighted by molar-refractivity contribution is 0.835. The maximum Gasteiger partial charge on any atom is 0.260 e. The highest BCUT2D eigenvalue weighted by Crippen LogP contribution is 2.35. The van der Waals surface area contributed by atoms with Crippen LogP contribution in [0.4, 0.5) is 0 Å². The van der Waals surface area contributed by atoms with Crippen LogP contribution < -0.4 is 11.4 Å². The molecule has 160 valence electrons. The van der Waals surface area contributed by atoms with Crippen molar-refractivity contribution in [1.82, 2.24) is 24.8 Å². The summed E-state index contributed by atoms with van der Waals surface area (Å²) in [6, 6.07) is 17.8. The van der Waals surface area contributed by atoms with E-state index >= 15 is 0 Å². The Morgan fingerprint density at radius 1 is 1.06 bits per heavy atom. The number of nitrogen functional groups attached to an aromatic ring is 1. The van der Waals surface area contributed by atoms with Crippen LogP contribution in [0.3, 0.4) is 0 Å². The highest BCUT2D eigenvalue weighted by Gasteiger charge is 2.20. The Hall–Kier alpha value is -3.43. The normalized spacial score (nSPS) is 12.3. The molecule has 0 bridgehead atoms. The summed E-state index contributed by atoms with van der Waals surface area (Å²) in [5, 5.41) is 11.5. The Kier molecular flexibility index (Phi) is 5.28. The van der Waals surface area contributed by atoms with Gasteiger partial charge in [0.15, 0.2) is 5.82 Å². The number of hydrogen-bond donors (Lipinski definition) is 2. The summed E-state index contributed by atoms with van der Waals surface area (Å²) in [7, 11) is 0. The second-order valence-corrected chi connectivity index (χ2v) is 9.62. The van der Waals surface area contributed by atoms with Crippen LogP contribution in [0.5, 0.6) is 0 Å². The standard InChI is InChI=1S/C23H20N6OS2/c1-13-8-10-16(11-9-13)20-27-28-23(29(20)24)32-14(2)19-25-21(30)18-17(12-31-22(18)26-19)15-6-4-3-5-7-15/h3-12,14H,24H2,1-2H3,(H,25,26,30). The minimum Gasteiger partial charge on any atom is -0.335 e. The molecule has 0 saturated heterocycles. The fraction of sp³-hybridized carbons (Fsp3) is 0.130. The zero-order valence-electron chi connectivity index (χ0n) is 17.4. The predicted molar refractivity (Wildman–Crippen MR) is 130 cm³/mol. The van der Waals surface area contributed by atoms with Gasteiger partial charge in [-0.25, -0.2) is 9.66 Å². The Morgan fingerprint density at radius 2 is 1.81 bits per heavy atom. The van der Waals surface area contributed by atoms with Gasteiger partial charge in [-0.05, 0) is 19.4 Å². The van der Waals surface area contributed by atoms with E-state index in [1.54, 1.807) is 0 Å². The van der Waals surface area contributed by atoms with Gasteiger partial charge < -0.3 is 10.8 Å². The van der Waals surface area contributed by atoms with E-state index in [9.17, 15) is 4.79 Å². The number of aromatic nitrogens is 5. The molecular formula is C23H20N6OS2. The number of thioether (sulfide) groups is 1. The lowest BCUT2D eigenvalue weighted by Gasteiger charge is -2.10. The van der Waals surface area contributed by atoms with Crippen LogP contribution in [0.2, 0.25) is 0 Å². The average Bonchev–Trinajstić information content (AvgIpc) is 3.39. The van der Waals surface area contributed by atoms with Gasteiger partial charge in [-0.15, -0.1) is 21.5 Å². The van der Waals surface area contributed by atoms with Gasteiger partial charge in [-0.2, -0.15) is 0 Å². The monoisotopic (exact) mass is 460 g/mol. The number of benzene rings is 2. The zero-order chi connectivity index (χ0) is 22.2. The van der Waals surface area contributed by atoms with Gasteiger partial charge in [0, 0.05) is 16.5 Å². The summed E-state index contributed by atoms with van der Waals surface area (Å²) in [6.07, 6.45) is 0. The molecule has 3 aromatic heterocycles. The minimum atomic E-state index is -0.174. The van der Waals surface area contributed by atoms with E-state index < -0.39 is 0 Å². The molecule has 0 aliphatic carbocycles. The molecule has 0 fully saturated rings. The first-order chi connectivity index (χ1) is 15.5. The van der Waals surface area contributed by atoms with Crippen molar-refractivity contribution in [3.05, 3.63) is 81.7 Å². The molecule has 3 N–H and O–H groups in total. The third kappa shape index (κ3) is 3.69. The lowest BCUT2D eigenvalue weighted by Crippen LogP contribution is -2.14. The maximum atomic E-state index is 12.9. The van der Waals surface area contributed by atoms with E-state index in [-0.39, 0.29) is 10.8 Å². The van der Waals surface area contributed by atoms with Crippen molar-refractivity contribution in [2.24, 2.45) is 0 Å². The second kappa shape index (κ2) is 8.25. The summed E-state index contributed by atoms with van der Waals surface area (Å²) in [5.74, 6) is 7.43. The molecule has 3 heterocycles. The highest BCUT2D eigenvalue weighted by molar-refractivity contribution is 7.99. The number of rotatable bonds is 5. The van der Waals surface area contributed by atoms with Gasteiger partial charge in [-0.3, -0.25) is 4.79 Å². The van der Waals surface area contributed by atoms with E-state index in [2.05, 4.69) is 15.2 Å². The minimum absolute atomic E-state index is 0.146. The SMILES string of the molecule is Cc1ccc(-c2nnc(SC(C)c3nc4scc(-c5ccccc5)c4c(=O)[nH]3)n2N)cc1. The third-order valence-electron chi connectivity index (χ3n) is 5.19. The summed E-state index contributed by atoms with van der Waals surface area (Å²) in [6.45, 7) is 3.99. The van der Waals surface area contributed by atoms with Crippen LogP contribution in [-0.2, 0) is 0 Å². The number of nitrogens with zero attached hydrogens (tertiary/aromatic N) is 4. The van der Waals surface area contributed by atoms with E-state index in [4.69, 9.17) is 10.8 Å². The molecule has 0 aliphatic heterocycles. The summed E-state index contributed by atoms with van der Waals surface area (Å²) in [4.78, 5) is 21.3. The topological polar surface area (TPSA) is 102 Å². The van der Waals surface area contributed by atoms with Crippen LogP contribution in [0, 0.1) is 6.92 Å². The van der Waals surface area contributed by atoms with Crippen molar-refractivity contribution in [2.45, 2.75) is 24.3 Å². The number of thiophene rings is 1. The van der Waals surface area contributed by atoms with Gasteiger partial charge in [-0.1, -0.05) is 71.9 Å². The first-order valence-electron chi connectivity index (χ1n) is 10.0. The van der Waals surface area contributed by atoms with Crippen molar-refractivity contribution in [1.29, 1.82) is 0 Å². The van der Waals surface area contributed by atoms with Crippen LogP contribution in [-0.4, -0.2) is 24.8 Å². The van der Waals surface area contributed by atoms with E-state index in [1.165, 1.54) is 27.8 Å². The molecule has 9 heteroatoms. The molecule has 0 amide bonds. The highest BCUT2D eigenvalue weighted by atomic mass is 32.2. The van der Waals surface area contributed by atoms with Gasteiger partial charge in [0.25, 0.3) is 5.56 Å². The third-order valence-corrected chi connectivity index (χ3v) is 7.13. The molecular weight excluding hydrogens is 440 g/mol. The molecule has 1 unspecified atom stereocenters. The maximum absolute atomic E-state index is 12.9. The molecule has 0 aliphatic rings. The van der Waals surface area contributed by atoms with Gasteiger partial charge in [0.05, 0.1) is 10.6 Å². The number of aromatic amines is 1. The molecule has 0 saturated carbocycles. The van der Waals surface area contributed by atoms with Crippen molar-refractivity contribution < 1.29 is 0 Å². The fourth-order valence-electron chi connectivity index (χ4n) is 3.46. The number of H-pyrrole nitrogens is 1. The van der Waals surface area contributed by atoms with E-state index in [1.807, 2.05) is 73.8 Å². The van der Waals surface area contributed by atoms with Crippen LogP contribution in [0.1, 0.15) is 23.6 Å². The first-order valence-corrected chi connectivity index (χ1v) is 11.8. The smallest absolute Gasteiger partial charge is 0.260 e. The number of aryl methyl sites for hydroxylation is 1. The largest absolute Gasteiger partial charge is 0.335 e. The number of nitrogens with two attached hydrogens (primary N) is 1. The van der Waals surface area contributed by atoms with Crippen LogP contribution in [0.25, 0.3) is 32.7 Å². The molecule has 5 rings (SSSR count). The van der Waals surface area contributed by atoms with Crippen LogP contribution >= 0.6 is 23.1 Å². The molecule has 7 nitrogen and oxygen atoms in total. The number of hydrogen-bond acceptors (Lipinski definition) is 7. The average molecular weight is 461 g/mol. The molecule has 1 atom stereocenters. The summed E-state index contributed by atoms with van der Waals surface area (Å²) >= 11 is 2.87. The molecule has 0 spiro atoms. The second-order valence-electron chi connectivity index (χ2n) is 7.45. The summed E-state index contributed by atoms with van der Waals surface area (Å²) in [5.41, 5.74) is 3.81. The van der Waals surface area contributed by atoms with Crippen molar-refractivity contribution in [2.75, 3.05) is 5.84 Å². The predicted octanol–water partition coefficient (Wildman–Crippen LogP) is 4.79. The quantitative estimate of drug-likeness (QED) is 0.289. The Bertz CT molecular complexity index is 1450. The Labute approximate surface area is 192 Å². The fourth-order valence-corrected chi connectivity index (χ4v) is 5.24. The van der Waals surface area contributed by atoms with Crippen LogP contribution in [0.15, 0.2) is 69.9 Å². The van der Waals surface area contributed by atoms with E-state index in [0.29, 0.717) is 27.0 Å². The van der Waals surface area contributed by atoms with E-state index in [0.717, 1.165) is 22.3 Å². The van der Waals surface area contributed by atoms with Crippen molar-refractivity contribution in [3.8, 4) is 22.5 Å². The van der Waals surface area contributed by atoms with Gasteiger partial charge in [0.1, 0.15) is 10.7 Å². The number of nitrogens with one attached hydrogen (secondary N) is 1. The molecule has 0 radical (unpaired) electrons. The Morgan fingerprint density at radius 3 is 2.56 bits per heavy atom. The molecule has 32 heavy (non-hydrogen) atoms.